The van der Waals surface area contributed by atoms with Crippen LogP contribution in [0.1, 0.15) is 29.2 Å². The van der Waals surface area contributed by atoms with Gasteiger partial charge in [-0.05, 0) is 31.1 Å². The molecule has 3 rings (SSSR count). The van der Waals surface area contributed by atoms with Crippen LogP contribution in [0.5, 0.6) is 0 Å². The molecule has 0 radical (unpaired) electrons. The van der Waals surface area contributed by atoms with Gasteiger partial charge in [-0.1, -0.05) is 54.3 Å². The highest BCUT2D eigenvalue weighted by atomic mass is 32.2. The van der Waals surface area contributed by atoms with Crippen LogP contribution in [0.2, 0.25) is 0 Å². The lowest BCUT2D eigenvalue weighted by Crippen LogP contribution is -2.27. The first kappa shape index (κ1) is 20.8. The van der Waals surface area contributed by atoms with E-state index in [0.29, 0.717) is 39.3 Å². The number of aromatic nitrogens is 1. The first-order chi connectivity index (χ1) is 13.9. The smallest absolute Gasteiger partial charge is 0.270 e. The molecule has 1 aromatic carbocycles. The van der Waals surface area contributed by atoms with Gasteiger partial charge in [0.1, 0.15) is 21.8 Å². The summed E-state index contributed by atoms with van der Waals surface area (Å²) in [5.41, 5.74) is 1.97. The van der Waals surface area contributed by atoms with Crippen LogP contribution in [-0.4, -0.2) is 26.7 Å². The third kappa shape index (κ3) is 3.97. The number of nitriles is 1. The molecule has 0 atom stereocenters. The lowest BCUT2D eigenvalue weighted by atomic mass is 10.0. The van der Waals surface area contributed by atoms with Gasteiger partial charge in [0.15, 0.2) is 0 Å². The molecule has 29 heavy (non-hydrogen) atoms. The van der Waals surface area contributed by atoms with Crippen molar-refractivity contribution in [2.24, 2.45) is 0 Å². The number of anilines is 1. The molecule has 0 spiro atoms. The van der Waals surface area contributed by atoms with Gasteiger partial charge < -0.3 is 5.32 Å². The van der Waals surface area contributed by atoms with Gasteiger partial charge >= 0.3 is 0 Å². The predicted octanol–water partition coefficient (Wildman–Crippen LogP) is 3.49. The molecular weight excluding hydrogens is 404 g/mol. The van der Waals surface area contributed by atoms with Crippen molar-refractivity contribution in [3.8, 4) is 6.07 Å². The van der Waals surface area contributed by atoms with Crippen LogP contribution in [0.3, 0.4) is 0 Å². The van der Waals surface area contributed by atoms with E-state index in [0.717, 1.165) is 5.56 Å². The molecule has 1 aliphatic rings. The molecule has 2 heterocycles. The number of hydrogen-bond donors (Lipinski definition) is 1. The number of nitrogens with one attached hydrogen (secondary N) is 1. The summed E-state index contributed by atoms with van der Waals surface area (Å²) in [6.07, 6.45) is 1.72. The first-order valence-electron chi connectivity index (χ1n) is 9.05. The molecular formula is C21H20N4O2S2. The summed E-state index contributed by atoms with van der Waals surface area (Å²) < 4.78 is 2.01. The average molecular weight is 425 g/mol. The molecule has 148 valence electrons. The summed E-state index contributed by atoms with van der Waals surface area (Å²) in [6.45, 7) is 4.47. The molecule has 1 saturated heterocycles. The van der Waals surface area contributed by atoms with Gasteiger partial charge in [0.2, 0.25) is 0 Å². The number of benzene rings is 1. The van der Waals surface area contributed by atoms with Gasteiger partial charge in [-0.25, -0.2) is 0 Å². The van der Waals surface area contributed by atoms with E-state index >= 15 is 0 Å². The maximum absolute atomic E-state index is 12.8. The zero-order chi connectivity index (χ0) is 21.1. The van der Waals surface area contributed by atoms with E-state index in [-0.39, 0.29) is 17.0 Å². The third-order valence-corrected chi connectivity index (χ3v) is 6.24. The fourth-order valence-electron chi connectivity index (χ4n) is 3.11. The molecule has 1 amide bonds. The molecule has 1 aromatic heterocycles. The van der Waals surface area contributed by atoms with Crippen LogP contribution < -0.4 is 10.9 Å². The zero-order valence-electron chi connectivity index (χ0n) is 16.4. The Labute approximate surface area is 178 Å². The average Bonchev–Trinajstić information content (AvgIpc) is 2.96. The van der Waals surface area contributed by atoms with Gasteiger partial charge in [0, 0.05) is 25.7 Å². The van der Waals surface area contributed by atoms with E-state index in [4.69, 9.17) is 12.2 Å². The van der Waals surface area contributed by atoms with E-state index < -0.39 is 0 Å². The molecule has 0 saturated carbocycles. The molecule has 1 fully saturated rings. The van der Waals surface area contributed by atoms with Crippen molar-refractivity contribution in [2.45, 2.75) is 26.9 Å². The molecule has 6 nitrogen and oxygen atoms in total. The van der Waals surface area contributed by atoms with Crippen LogP contribution in [0.25, 0.3) is 6.08 Å². The standard InChI is InChI=1S/C21H20N4O2S2/c1-4-25-18(23-12-14-8-6-5-7-9-14)15(13(2)16(11-22)19(25)26)10-17-20(27)24(3)21(28)29-17/h5-10,23H,4,12H2,1-3H3/b17-10+. The van der Waals surface area contributed by atoms with Crippen LogP contribution in [-0.2, 0) is 17.9 Å². The topological polar surface area (TPSA) is 78.1 Å². The summed E-state index contributed by atoms with van der Waals surface area (Å²) in [5, 5.41) is 12.9. The van der Waals surface area contributed by atoms with Gasteiger partial charge in [0.05, 0.1) is 4.91 Å². The number of carbonyl (C=O) groups is 1. The van der Waals surface area contributed by atoms with Gasteiger partial charge in [-0.2, -0.15) is 5.26 Å². The highest BCUT2D eigenvalue weighted by molar-refractivity contribution is 8.26. The van der Waals surface area contributed by atoms with Crippen molar-refractivity contribution in [3.63, 3.8) is 0 Å². The normalized spacial score (nSPS) is 15.1. The lowest BCUT2D eigenvalue weighted by Gasteiger charge is -2.19. The fourth-order valence-corrected chi connectivity index (χ4v) is 4.27. The quantitative estimate of drug-likeness (QED) is 0.585. The van der Waals surface area contributed by atoms with Crippen molar-refractivity contribution >= 4 is 46.1 Å². The summed E-state index contributed by atoms with van der Waals surface area (Å²) in [7, 11) is 1.63. The summed E-state index contributed by atoms with van der Waals surface area (Å²) in [4.78, 5) is 27.2. The van der Waals surface area contributed by atoms with Crippen LogP contribution in [0, 0.1) is 18.3 Å². The number of rotatable bonds is 5. The maximum Gasteiger partial charge on any atom is 0.270 e. The predicted molar refractivity (Wildman–Crippen MR) is 121 cm³/mol. The fraction of sp³-hybridized carbons (Fsp3) is 0.238. The highest BCUT2D eigenvalue weighted by Crippen LogP contribution is 2.34. The Morgan fingerprint density at radius 2 is 1.97 bits per heavy atom. The molecule has 1 aliphatic heterocycles. The molecule has 8 heteroatoms. The second-order valence-corrected chi connectivity index (χ2v) is 8.18. The van der Waals surface area contributed by atoms with E-state index in [2.05, 4.69) is 5.32 Å². The van der Waals surface area contributed by atoms with E-state index in [1.165, 1.54) is 21.2 Å². The Morgan fingerprint density at radius 1 is 1.28 bits per heavy atom. The second kappa shape index (κ2) is 8.64. The van der Waals surface area contributed by atoms with Crippen molar-refractivity contribution in [1.82, 2.24) is 9.47 Å². The number of pyridine rings is 1. The van der Waals surface area contributed by atoms with Crippen molar-refractivity contribution < 1.29 is 4.79 Å². The number of thioether (sulfide) groups is 1. The van der Waals surface area contributed by atoms with Crippen molar-refractivity contribution in [1.29, 1.82) is 5.26 Å². The first-order valence-corrected chi connectivity index (χ1v) is 10.3. The Morgan fingerprint density at radius 3 is 2.52 bits per heavy atom. The minimum absolute atomic E-state index is 0.0790. The van der Waals surface area contributed by atoms with E-state index in [1.54, 1.807) is 20.0 Å². The molecule has 0 unspecified atom stereocenters. The number of amides is 1. The molecule has 2 aromatic rings. The maximum atomic E-state index is 12.8. The van der Waals surface area contributed by atoms with Crippen LogP contribution >= 0.6 is 24.0 Å². The Bertz CT molecular complexity index is 1110. The number of likely N-dealkylation sites (N-methyl/N-ethyl adjacent to an activating group) is 1. The molecule has 0 aliphatic carbocycles. The van der Waals surface area contributed by atoms with Gasteiger partial charge in [-0.3, -0.25) is 19.1 Å². The Kier molecular flexibility index (Phi) is 6.20. The highest BCUT2D eigenvalue weighted by Gasteiger charge is 2.30. The Hall–Kier alpha value is -2.89. The minimum Gasteiger partial charge on any atom is -0.367 e. The van der Waals surface area contributed by atoms with Gasteiger partial charge in [-0.15, -0.1) is 0 Å². The SMILES string of the molecule is CCn1c(NCc2ccccc2)c(/C=C2/SC(=S)N(C)C2=O)c(C)c(C#N)c1=O. The molecule has 1 N–H and O–H groups in total. The number of thiocarbonyl (C=S) groups is 1. The third-order valence-electron chi connectivity index (χ3n) is 4.76. The second-order valence-electron chi connectivity index (χ2n) is 6.50. The minimum atomic E-state index is -0.344. The van der Waals surface area contributed by atoms with Crippen LogP contribution in [0.4, 0.5) is 5.82 Å². The molecule has 0 bridgehead atoms. The van der Waals surface area contributed by atoms with E-state index in [1.807, 2.05) is 43.3 Å². The van der Waals surface area contributed by atoms with Crippen molar-refractivity contribution in [2.75, 3.05) is 12.4 Å². The van der Waals surface area contributed by atoms with Gasteiger partial charge in [0.25, 0.3) is 11.5 Å². The number of carbonyl (C=O) groups excluding carboxylic acids is 1. The summed E-state index contributed by atoms with van der Waals surface area (Å²) >= 11 is 6.43. The van der Waals surface area contributed by atoms with E-state index in [9.17, 15) is 14.9 Å². The largest absolute Gasteiger partial charge is 0.367 e. The number of hydrogen-bond acceptors (Lipinski definition) is 6. The van der Waals surface area contributed by atoms with Crippen LogP contribution in [0.15, 0.2) is 40.0 Å². The summed E-state index contributed by atoms with van der Waals surface area (Å²) in [6, 6.07) is 11.8. The summed E-state index contributed by atoms with van der Waals surface area (Å²) in [5.74, 6) is 0.389. The zero-order valence-corrected chi connectivity index (χ0v) is 18.0. The lowest BCUT2D eigenvalue weighted by molar-refractivity contribution is -0.121. The Balaban J connectivity index is 2.17. The number of nitrogens with zero attached hydrogens (tertiary/aromatic N) is 3. The van der Waals surface area contributed by atoms with Crippen molar-refractivity contribution in [3.05, 3.63) is 67.8 Å². The monoisotopic (exact) mass is 424 g/mol.